The van der Waals surface area contributed by atoms with Crippen molar-refractivity contribution >= 4 is 5.95 Å². The van der Waals surface area contributed by atoms with Gasteiger partial charge in [0, 0.05) is 44.2 Å². The third-order valence-corrected chi connectivity index (χ3v) is 3.92. The number of piperazine rings is 1. The number of aryl methyl sites for hydroxylation is 2. The molecule has 1 N–H and O–H groups in total. The zero-order valence-electron chi connectivity index (χ0n) is 12.1. The highest BCUT2D eigenvalue weighted by atomic mass is 16.3. The zero-order chi connectivity index (χ0) is 13.8. The number of aromatic nitrogens is 2. The molecule has 0 aromatic carbocycles. The molecule has 2 rings (SSSR count). The third kappa shape index (κ3) is 3.22. The lowest BCUT2D eigenvalue weighted by Crippen LogP contribution is -2.52. The minimum atomic E-state index is 0.234. The summed E-state index contributed by atoms with van der Waals surface area (Å²) < 4.78 is 0. The highest BCUT2D eigenvalue weighted by Gasteiger charge is 2.25. The van der Waals surface area contributed by atoms with Gasteiger partial charge in [0.15, 0.2) is 0 Å². The quantitative estimate of drug-likeness (QED) is 0.874. The lowest BCUT2D eigenvalue weighted by atomic mass is 10.1. The summed E-state index contributed by atoms with van der Waals surface area (Å²) in [6.45, 7) is 7.24. The van der Waals surface area contributed by atoms with E-state index in [2.05, 4.69) is 40.7 Å². The van der Waals surface area contributed by atoms with Crippen molar-refractivity contribution in [3.05, 3.63) is 17.5 Å². The smallest absolute Gasteiger partial charge is 0.225 e. The van der Waals surface area contributed by atoms with Crippen molar-refractivity contribution < 1.29 is 5.11 Å². The minimum absolute atomic E-state index is 0.234. The number of aliphatic hydroxyl groups excluding tert-OH is 1. The van der Waals surface area contributed by atoms with Crippen LogP contribution in [-0.4, -0.2) is 59.3 Å². The van der Waals surface area contributed by atoms with Gasteiger partial charge in [0.1, 0.15) is 0 Å². The molecule has 0 aliphatic carbocycles. The Balaban J connectivity index is 2.13. The number of nitrogens with zero attached hydrogens (tertiary/aromatic N) is 4. The van der Waals surface area contributed by atoms with E-state index in [0.717, 1.165) is 49.7 Å². The van der Waals surface area contributed by atoms with Crippen LogP contribution in [-0.2, 0) is 6.42 Å². The number of likely N-dealkylation sites (N-methyl/N-ethyl adjacent to an activating group) is 1. The van der Waals surface area contributed by atoms with Crippen molar-refractivity contribution in [2.24, 2.45) is 0 Å². The van der Waals surface area contributed by atoms with Gasteiger partial charge in [-0.3, -0.25) is 4.90 Å². The summed E-state index contributed by atoms with van der Waals surface area (Å²) in [7, 11) is 2.12. The monoisotopic (exact) mass is 264 g/mol. The maximum Gasteiger partial charge on any atom is 0.225 e. The predicted molar refractivity (Wildman–Crippen MR) is 76.5 cm³/mol. The first-order valence-electron chi connectivity index (χ1n) is 7.04. The van der Waals surface area contributed by atoms with E-state index in [1.165, 1.54) is 0 Å². The molecule has 1 aliphatic heterocycles. The average Bonchev–Trinajstić information content (AvgIpc) is 2.42. The fraction of sp³-hybridized carbons (Fsp3) is 0.714. The van der Waals surface area contributed by atoms with Crippen LogP contribution in [0, 0.1) is 6.92 Å². The molecule has 0 amide bonds. The first kappa shape index (κ1) is 14.2. The molecule has 0 bridgehead atoms. The summed E-state index contributed by atoms with van der Waals surface area (Å²) >= 11 is 0. The van der Waals surface area contributed by atoms with Gasteiger partial charge in [0.2, 0.25) is 5.95 Å². The summed E-state index contributed by atoms with van der Waals surface area (Å²) in [6.07, 6.45) is 3.66. The topological polar surface area (TPSA) is 52.5 Å². The SMILES string of the molecule is CCc1nc(N2CCN(C)C(CCO)C2)ncc1C. The second-order valence-electron chi connectivity index (χ2n) is 5.25. The van der Waals surface area contributed by atoms with E-state index in [1.54, 1.807) is 0 Å². The summed E-state index contributed by atoms with van der Waals surface area (Å²) in [4.78, 5) is 13.7. The Bertz CT molecular complexity index is 424. The Morgan fingerprint density at radius 3 is 2.89 bits per heavy atom. The zero-order valence-corrected chi connectivity index (χ0v) is 12.1. The highest BCUT2D eigenvalue weighted by molar-refractivity contribution is 5.34. The number of aliphatic hydroxyl groups is 1. The van der Waals surface area contributed by atoms with Gasteiger partial charge < -0.3 is 10.0 Å². The first-order chi connectivity index (χ1) is 9.15. The molecule has 1 aromatic heterocycles. The molecule has 0 radical (unpaired) electrons. The highest BCUT2D eigenvalue weighted by Crippen LogP contribution is 2.17. The Labute approximate surface area is 115 Å². The molecule has 5 heteroatoms. The van der Waals surface area contributed by atoms with Gasteiger partial charge in [-0.2, -0.15) is 0 Å². The molecule has 0 spiro atoms. The van der Waals surface area contributed by atoms with Crippen molar-refractivity contribution in [2.45, 2.75) is 32.7 Å². The maximum absolute atomic E-state index is 9.14. The van der Waals surface area contributed by atoms with E-state index in [4.69, 9.17) is 5.11 Å². The standard InChI is InChI=1S/C14H24N4O/c1-4-13-11(2)9-15-14(16-13)18-7-6-17(3)12(10-18)5-8-19/h9,12,19H,4-8,10H2,1-3H3. The van der Waals surface area contributed by atoms with Gasteiger partial charge in [-0.15, -0.1) is 0 Å². The average molecular weight is 264 g/mol. The fourth-order valence-electron chi connectivity index (χ4n) is 2.57. The lowest BCUT2D eigenvalue weighted by molar-refractivity contribution is 0.170. The lowest BCUT2D eigenvalue weighted by Gasteiger charge is -2.39. The van der Waals surface area contributed by atoms with E-state index in [9.17, 15) is 0 Å². The van der Waals surface area contributed by atoms with Crippen LogP contribution < -0.4 is 4.90 Å². The Morgan fingerprint density at radius 1 is 1.42 bits per heavy atom. The summed E-state index contributed by atoms with van der Waals surface area (Å²) in [5.74, 6) is 0.832. The van der Waals surface area contributed by atoms with Crippen LogP contribution in [0.4, 0.5) is 5.95 Å². The molecule has 1 atom stereocenters. The number of hydrogen-bond acceptors (Lipinski definition) is 5. The molecule has 0 saturated carbocycles. The van der Waals surface area contributed by atoms with Crippen LogP contribution in [0.5, 0.6) is 0 Å². The van der Waals surface area contributed by atoms with E-state index < -0.39 is 0 Å². The molecule has 1 fully saturated rings. The number of hydrogen-bond donors (Lipinski definition) is 1. The van der Waals surface area contributed by atoms with Gasteiger partial charge >= 0.3 is 0 Å². The molecule has 5 nitrogen and oxygen atoms in total. The predicted octanol–water partition coefficient (Wildman–Crippen LogP) is 0.850. The Hall–Kier alpha value is -1.20. The van der Waals surface area contributed by atoms with Crippen molar-refractivity contribution in [2.75, 3.05) is 38.2 Å². The van der Waals surface area contributed by atoms with Crippen molar-refractivity contribution in [3.8, 4) is 0 Å². The molecule has 19 heavy (non-hydrogen) atoms. The van der Waals surface area contributed by atoms with E-state index in [-0.39, 0.29) is 6.61 Å². The molecule has 1 unspecified atom stereocenters. The minimum Gasteiger partial charge on any atom is -0.396 e. The van der Waals surface area contributed by atoms with Crippen molar-refractivity contribution in [1.29, 1.82) is 0 Å². The van der Waals surface area contributed by atoms with Crippen LogP contribution in [0.25, 0.3) is 0 Å². The fourth-order valence-corrected chi connectivity index (χ4v) is 2.57. The molecule has 1 saturated heterocycles. The number of anilines is 1. The van der Waals surface area contributed by atoms with Crippen LogP contribution in [0.2, 0.25) is 0 Å². The molecular weight excluding hydrogens is 240 g/mol. The van der Waals surface area contributed by atoms with E-state index in [1.807, 2.05) is 6.20 Å². The van der Waals surface area contributed by atoms with E-state index in [0.29, 0.717) is 6.04 Å². The summed E-state index contributed by atoms with van der Waals surface area (Å²) in [5, 5.41) is 9.14. The molecule has 106 valence electrons. The maximum atomic E-state index is 9.14. The van der Waals surface area contributed by atoms with Gasteiger partial charge in [0.05, 0.1) is 0 Å². The second-order valence-corrected chi connectivity index (χ2v) is 5.25. The largest absolute Gasteiger partial charge is 0.396 e. The van der Waals surface area contributed by atoms with Crippen LogP contribution >= 0.6 is 0 Å². The number of rotatable bonds is 4. The van der Waals surface area contributed by atoms with Crippen molar-refractivity contribution in [1.82, 2.24) is 14.9 Å². The van der Waals surface area contributed by atoms with Gasteiger partial charge in [0.25, 0.3) is 0 Å². The normalized spacial score (nSPS) is 20.8. The third-order valence-electron chi connectivity index (χ3n) is 3.92. The molecular formula is C14H24N4O. The summed E-state index contributed by atoms with van der Waals surface area (Å²) in [6, 6.07) is 0.383. The van der Waals surface area contributed by atoms with Crippen LogP contribution in [0.1, 0.15) is 24.6 Å². The van der Waals surface area contributed by atoms with Crippen molar-refractivity contribution in [3.63, 3.8) is 0 Å². The first-order valence-corrected chi connectivity index (χ1v) is 7.04. The van der Waals surface area contributed by atoms with Gasteiger partial charge in [-0.25, -0.2) is 9.97 Å². The van der Waals surface area contributed by atoms with Gasteiger partial charge in [-0.05, 0) is 32.4 Å². The van der Waals surface area contributed by atoms with E-state index >= 15 is 0 Å². The second kappa shape index (κ2) is 6.30. The molecule has 1 aliphatic rings. The summed E-state index contributed by atoms with van der Waals surface area (Å²) in [5.41, 5.74) is 2.29. The van der Waals surface area contributed by atoms with Crippen LogP contribution in [0.3, 0.4) is 0 Å². The molecule has 1 aromatic rings. The van der Waals surface area contributed by atoms with Gasteiger partial charge in [-0.1, -0.05) is 6.92 Å². The molecule has 2 heterocycles. The van der Waals surface area contributed by atoms with Crippen LogP contribution in [0.15, 0.2) is 6.20 Å². The Kier molecular flexibility index (Phi) is 4.71. The Morgan fingerprint density at radius 2 is 2.21 bits per heavy atom.